The van der Waals surface area contributed by atoms with E-state index in [1.54, 1.807) is 44.6 Å². The first-order valence-electron chi connectivity index (χ1n) is 11.9. The first kappa shape index (κ1) is 26.3. The van der Waals surface area contributed by atoms with E-state index in [0.29, 0.717) is 42.2 Å². The van der Waals surface area contributed by atoms with Crippen LogP contribution < -0.4 is 9.47 Å². The van der Waals surface area contributed by atoms with Gasteiger partial charge < -0.3 is 24.2 Å². The molecule has 0 bridgehead atoms. The van der Waals surface area contributed by atoms with Crippen LogP contribution in [-0.2, 0) is 14.3 Å². The maximum Gasteiger partial charge on any atom is 0.295 e. The number of methoxy groups -OCH3 is 2. The summed E-state index contributed by atoms with van der Waals surface area (Å²) < 4.78 is 16.5. The van der Waals surface area contributed by atoms with E-state index in [4.69, 9.17) is 14.2 Å². The topological polar surface area (TPSA) is 85.3 Å². The predicted molar refractivity (Wildman–Crippen MR) is 135 cm³/mol. The Morgan fingerprint density at radius 3 is 2.40 bits per heavy atom. The average Bonchev–Trinajstić information content (AvgIpc) is 3.10. The Bertz CT molecular complexity index is 1100. The minimum absolute atomic E-state index is 0.0629. The number of nitrogens with zero attached hydrogens (tertiary/aromatic N) is 1. The summed E-state index contributed by atoms with van der Waals surface area (Å²) in [4.78, 5) is 27.9. The number of rotatable bonds is 10. The average molecular weight is 482 g/mol. The second kappa shape index (κ2) is 11.4. The van der Waals surface area contributed by atoms with Crippen LogP contribution in [0.2, 0.25) is 0 Å². The van der Waals surface area contributed by atoms with Crippen LogP contribution in [0.15, 0.2) is 48.0 Å². The van der Waals surface area contributed by atoms with Crippen molar-refractivity contribution in [2.75, 3.05) is 27.4 Å². The normalized spacial score (nSPS) is 17.5. The van der Waals surface area contributed by atoms with Gasteiger partial charge in [0, 0.05) is 18.7 Å². The molecule has 188 valence electrons. The summed E-state index contributed by atoms with van der Waals surface area (Å²) in [6.07, 6.45) is 0.635. The van der Waals surface area contributed by atoms with Gasteiger partial charge in [0.15, 0.2) is 0 Å². The van der Waals surface area contributed by atoms with Crippen LogP contribution in [0.4, 0.5) is 0 Å². The number of Topliss-reactive ketones (excluding diaryl/α,β-unsaturated/α-hetero) is 1. The third-order valence-corrected chi connectivity index (χ3v) is 6.07. The minimum atomic E-state index is -0.742. The molecule has 1 unspecified atom stereocenters. The van der Waals surface area contributed by atoms with E-state index in [9.17, 15) is 14.7 Å². The number of hydrogen-bond acceptors (Lipinski definition) is 6. The van der Waals surface area contributed by atoms with Gasteiger partial charge in [0.2, 0.25) is 0 Å². The molecule has 1 fully saturated rings. The molecule has 0 saturated carbocycles. The Morgan fingerprint density at radius 2 is 1.77 bits per heavy atom. The third-order valence-electron chi connectivity index (χ3n) is 6.07. The van der Waals surface area contributed by atoms with Crippen molar-refractivity contribution in [2.24, 2.45) is 0 Å². The molecule has 0 radical (unpaired) electrons. The van der Waals surface area contributed by atoms with E-state index < -0.39 is 17.7 Å². The number of hydrogen-bond donors (Lipinski definition) is 1. The predicted octanol–water partition coefficient (Wildman–Crippen LogP) is 5.06. The van der Waals surface area contributed by atoms with E-state index >= 15 is 0 Å². The highest BCUT2D eigenvalue weighted by Gasteiger charge is 2.46. The minimum Gasteiger partial charge on any atom is -0.507 e. The molecule has 7 heteroatoms. The van der Waals surface area contributed by atoms with E-state index in [1.807, 2.05) is 39.8 Å². The third kappa shape index (κ3) is 5.68. The maximum atomic E-state index is 13.3. The number of carbonyl (C=O) groups is 2. The molecule has 3 rings (SSSR count). The summed E-state index contributed by atoms with van der Waals surface area (Å²) in [5, 5.41) is 11.4. The lowest BCUT2D eigenvalue weighted by molar-refractivity contribution is -0.140. The van der Waals surface area contributed by atoms with Crippen LogP contribution in [0.1, 0.15) is 62.8 Å². The molecule has 1 aliphatic heterocycles. The number of carbonyl (C=O) groups excluding carboxylic acids is 2. The zero-order valence-corrected chi connectivity index (χ0v) is 21.3. The molecular formula is C28H35NO6. The van der Waals surface area contributed by atoms with Crippen molar-refractivity contribution in [1.82, 2.24) is 4.90 Å². The van der Waals surface area contributed by atoms with Gasteiger partial charge in [0.05, 0.1) is 31.9 Å². The highest BCUT2D eigenvalue weighted by molar-refractivity contribution is 6.46. The van der Waals surface area contributed by atoms with Crippen molar-refractivity contribution in [1.29, 1.82) is 0 Å². The lowest BCUT2D eigenvalue weighted by atomic mass is 9.93. The maximum absolute atomic E-state index is 13.3. The number of aliphatic hydroxyl groups excluding tert-OH is 1. The second-order valence-corrected chi connectivity index (χ2v) is 9.15. The molecule has 0 aromatic heterocycles. The highest BCUT2D eigenvalue weighted by Crippen LogP contribution is 2.41. The monoisotopic (exact) mass is 481 g/mol. The van der Waals surface area contributed by atoms with Crippen LogP contribution >= 0.6 is 0 Å². The van der Waals surface area contributed by atoms with Crippen LogP contribution in [-0.4, -0.2) is 55.2 Å². The second-order valence-electron chi connectivity index (χ2n) is 9.15. The summed E-state index contributed by atoms with van der Waals surface area (Å²) in [6, 6.07) is 11.8. The summed E-state index contributed by atoms with van der Waals surface area (Å²) in [5.74, 6) is -0.116. The van der Waals surface area contributed by atoms with Gasteiger partial charge in [-0.2, -0.15) is 0 Å². The SMILES string of the molecule is COc1cccc(C2/C(=C(/O)c3ccc(OC)c(C(C)C)c3)C(=O)C(=O)N2CCCOC(C)C)c1. The van der Waals surface area contributed by atoms with Gasteiger partial charge in [-0.15, -0.1) is 0 Å². The zero-order valence-electron chi connectivity index (χ0n) is 21.3. The van der Waals surface area contributed by atoms with Gasteiger partial charge in [-0.1, -0.05) is 26.0 Å². The van der Waals surface area contributed by atoms with Crippen molar-refractivity contribution in [3.8, 4) is 11.5 Å². The molecule has 2 aromatic carbocycles. The fraction of sp³-hybridized carbons (Fsp3) is 0.429. The number of benzene rings is 2. The van der Waals surface area contributed by atoms with Gasteiger partial charge in [-0.25, -0.2) is 0 Å². The summed E-state index contributed by atoms with van der Waals surface area (Å²) in [7, 11) is 3.15. The molecule has 1 saturated heterocycles. The Kier molecular flexibility index (Phi) is 8.57. The highest BCUT2D eigenvalue weighted by atomic mass is 16.5. The molecule has 1 amide bonds. The fourth-order valence-electron chi connectivity index (χ4n) is 4.31. The van der Waals surface area contributed by atoms with E-state index in [1.165, 1.54) is 4.90 Å². The van der Waals surface area contributed by atoms with Gasteiger partial charge in [0.25, 0.3) is 11.7 Å². The lowest BCUT2D eigenvalue weighted by Crippen LogP contribution is -2.31. The molecule has 7 nitrogen and oxygen atoms in total. The number of amides is 1. The number of ketones is 1. The van der Waals surface area contributed by atoms with E-state index in [-0.39, 0.29) is 23.4 Å². The largest absolute Gasteiger partial charge is 0.507 e. The standard InChI is InChI=1S/C28H35NO6/c1-17(2)22-16-20(11-12-23(22)34-6)26(30)24-25(19-9-7-10-21(15-19)33-5)29(28(32)27(24)31)13-8-14-35-18(3)4/h7,9-12,15-18,25,30H,8,13-14H2,1-6H3/b26-24-. The number of ether oxygens (including phenoxy) is 3. The Morgan fingerprint density at radius 1 is 1.03 bits per heavy atom. The quantitative estimate of drug-likeness (QED) is 0.221. The Balaban J connectivity index is 2.11. The van der Waals surface area contributed by atoms with E-state index in [2.05, 4.69) is 0 Å². The van der Waals surface area contributed by atoms with Crippen molar-refractivity contribution in [3.05, 3.63) is 64.7 Å². The summed E-state index contributed by atoms with van der Waals surface area (Å²) in [5.41, 5.74) is 2.11. The Hall–Kier alpha value is -3.32. The van der Waals surface area contributed by atoms with Crippen molar-refractivity contribution >= 4 is 17.4 Å². The number of aliphatic hydroxyl groups is 1. The van der Waals surface area contributed by atoms with Gasteiger partial charge in [-0.05, 0) is 67.6 Å². The van der Waals surface area contributed by atoms with Gasteiger partial charge >= 0.3 is 0 Å². The lowest BCUT2D eigenvalue weighted by Gasteiger charge is -2.26. The summed E-state index contributed by atoms with van der Waals surface area (Å²) in [6.45, 7) is 8.72. The van der Waals surface area contributed by atoms with Crippen molar-refractivity contribution < 1.29 is 28.9 Å². The van der Waals surface area contributed by atoms with Gasteiger partial charge in [-0.3, -0.25) is 9.59 Å². The zero-order chi connectivity index (χ0) is 25.7. The smallest absolute Gasteiger partial charge is 0.295 e. The molecule has 1 N–H and O–H groups in total. The van der Waals surface area contributed by atoms with Crippen LogP contribution in [0.3, 0.4) is 0 Å². The molecular weight excluding hydrogens is 446 g/mol. The molecule has 0 aliphatic carbocycles. The first-order valence-corrected chi connectivity index (χ1v) is 11.9. The van der Waals surface area contributed by atoms with Crippen LogP contribution in [0.5, 0.6) is 11.5 Å². The fourth-order valence-corrected chi connectivity index (χ4v) is 4.31. The first-order chi connectivity index (χ1) is 16.7. The Labute approximate surface area is 207 Å². The van der Waals surface area contributed by atoms with Crippen LogP contribution in [0.25, 0.3) is 5.76 Å². The molecule has 2 aromatic rings. The van der Waals surface area contributed by atoms with E-state index in [0.717, 1.165) is 5.56 Å². The molecule has 1 atom stereocenters. The molecule has 0 spiro atoms. The summed E-state index contributed by atoms with van der Waals surface area (Å²) >= 11 is 0. The van der Waals surface area contributed by atoms with Gasteiger partial charge in [0.1, 0.15) is 17.3 Å². The molecule has 1 heterocycles. The number of likely N-dealkylation sites (tertiary alicyclic amines) is 1. The van der Waals surface area contributed by atoms with Crippen LogP contribution in [0, 0.1) is 0 Å². The van der Waals surface area contributed by atoms with Crippen molar-refractivity contribution in [3.63, 3.8) is 0 Å². The van der Waals surface area contributed by atoms with Crippen molar-refractivity contribution in [2.45, 2.75) is 52.2 Å². The molecule has 1 aliphatic rings. The molecule has 35 heavy (non-hydrogen) atoms.